The van der Waals surface area contributed by atoms with Crippen molar-refractivity contribution >= 4 is 17.6 Å². The molecule has 128 valence electrons. The maximum Gasteiger partial charge on any atom is 0.291 e. The average Bonchev–Trinajstić information content (AvgIpc) is 3.13. The molecule has 24 heavy (non-hydrogen) atoms. The number of anilines is 1. The van der Waals surface area contributed by atoms with Crippen LogP contribution in [0.5, 0.6) is 0 Å². The molecule has 0 bridgehead atoms. The first-order valence-corrected chi connectivity index (χ1v) is 8.19. The molecular weight excluding hydrogens is 304 g/mol. The van der Waals surface area contributed by atoms with Gasteiger partial charge in [0.1, 0.15) is 0 Å². The lowest BCUT2D eigenvalue weighted by Gasteiger charge is -2.10. The molecule has 6 heteroatoms. The molecule has 2 rings (SSSR count). The fourth-order valence-corrected chi connectivity index (χ4v) is 2.05. The van der Waals surface area contributed by atoms with Crippen LogP contribution in [-0.4, -0.2) is 25.0 Å². The minimum atomic E-state index is -0.260. The first-order chi connectivity index (χ1) is 11.7. The Balaban J connectivity index is 1.92. The molecule has 0 saturated heterocycles. The van der Waals surface area contributed by atoms with Crippen LogP contribution < -0.4 is 16.0 Å². The fraction of sp³-hybridized carbons (Fsp3) is 0.333. The highest BCUT2D eigenvalue weighted by molar-refractivity contribution is 6.02. The number of benzene rings is 1. The maximum atomic E-state index is 11.9. The first kappa shape index (κ1) is 17.6. The number of guanidine groups is 1. The number of amides is 1. The van der Waals surface area contributed by atoms with E-state index in [0.717, 1.165) is 36.7 Å². The third-order valence-corrected chi connectivity index (χ3v) is 3.26. The average molecular weight is 328 g/mol. The van der Waals surface area contributed by atoms with E-state index in [1.807, 2.05) is 31.2 Å². The number of carbonyl (C=O) groups excluding carboxylic acids is 1. The number of furan rings is 1. The van der Waals surface area contributed by atoms with Crippen LogP contribution in [0.15, 0.2) is 52.1 Å². The summed E-state index contributed by atoms with van der Waals surface area (Å²) in [6, 6.07) is 10.9. The first-order valence-electron chi connectivity index (χ1n) is 8.19. The molecule has 1 aromatic heterocycles. The molecule has 1 heterocycles. The van der Waals surface area contributed by atoms with E-state index in [0.29, 0.717) is 12.3 Å². The van der Waals surface area contributed by atoms with Crippen LogP contribution in [0.3, 0.4) is 0 Å². The molecular formula is C18H24N4O2. The zero-order chi connectivity index (χ0) is 17.2. The Hall–Kier alpha value is -2.76. The topological polar surface area (TPSA) is 78.7 Å². The molecule has 0 spiro atoms. The third-order valence-electron chi connectivity index (χ3n) is 3.26. The quantitative estimate of drug-likeness (QED) is 0.539. The summed E-state index contributed by atoms with van der Waals surface area (Å²) in [5, 5.41) is 9.27. The van der Waals surface area contributed by atoms with Gasteiger partial charge in [-0.25, -0.2) is 4.99 Å². The Morgan fingerprint density at radius 3 is 2.54 bits per heavy atom. The van der Waals surface area contributed by atoms with Gasteiger partial charge < -0.3 is 20.4 Å². The van der Waals surface area contributed by atoms with E-state index in [1.165, 1.54) is 6.26 Å². The number of hydrogen-bond donors (Lipinski definition) is 3. The number of nitrogens with one attached hydrogen (secondary N) is 3. The lowest BCUT2D eigenvalue weighted by Crippen LogP contribution is -2.37. The van der Waals surface area contributed by atoms with Crippen LogP contribution in [0.2, 0.25) is 0 Å². The van der Waals surface area contributed by atoms with Crippen molar-refractivity contribution in [3.8, 4) is 0 Å². The van der Waals surface area contributed by atoms with Gasteiger partial charge in [0.15, 0.2) is 11.7 Å². The second-order valence-corrected chi connectivity index (χ2v) is 5.25. The molecule has 0 aliphatic heterocycles. The van der Waals surface area contributed by atoms with Crippen molar-refractivity contribution in [3.63, 3.8) is 0 Å². The highest BCUT2D eigenvalue weighted by atomic mass is 16.3. The molecule has 3 N–H and O–H groups in total. The Labute approximate surface area is 142 Å². The molecule has 0 unspecified atom stereocenters. The maximum absolute atomic E-state index is 11.9. The van der Waals surface area contributed by atoms with Crippen molar-refractivity contribution in [2.75, 3.05) is 18.4 Å². The molecule has 2 aromatic rings. The van der Waals surface area contributed by atoms with Gasteiger partial charge in [-0.05, 0) is 43.2 Å². The summed E-state index contributed by atoms with van der Waals surface area (Å²) in [6.07, 6.45) is 2.53. The van der Waals surface area contributed by atoms with E-state index in [2.05, 4.69) is 27.9 Å². The van der Waals surface area contributed by atoms with Gasteiger partial charge in [-0.15, -0.1) is 0 Å². The third kappa shape index (κ3) is 5.46. The Morgan fingerprint density at radius 2 is 1.92 bits per heavy atom. The second-order valence-electron chi connectivity index (χ2n) is 5.25. The lowest BCUT2D eigenvalue weighted by molar-refractivity contribution is 0.0996. The van der Waals surface area contributed by atoms with E-state index in [9.17, 15) is 4.79 Å². The molecule has 0 radical (unpaired) electrons. The normalized spacial score (nSPS) is 11.2. The second kappa shape index (κ2) is 9.39. The van der Waals surface area contributed by atoms with Crippen LogP contribution in [0, 0.1) is 0 Å². The number of rotatable bonds is 7. The number of aliphatic imine (C=N–C) groups is 1. The van der Waals surface area contributed by atoms with Crippen LogP contribution in [-0.2, 0) is 6.54 Å². The predicted octanol–water partition coefficient (Wildman–Crippen LogP) is 3.00. The van der Waals surface area contributed by atoms with Crippen molar-refractivity contribution in [1.29, 1.82) is 0 Å². The zero-order valence-electron chi connectivity index (χ0n) is 14.1. The lowest BCUT2D eigenvalue weighted by atomic mass is 10.2. The highest BCUT2D eigenvalue weighted by Gasteiger charge is 2.08. The van der Waals surface area contributed by atoms with E-state index < -0.39 is 0 Å². The molecule has 0 fully saturated rings. The smallest absolute Gasteiger partial charge is 0.291 e. The van der Waals surface area contributed by atoms with Gasteiger partial charge >= 0.3 is 0 Å². The SMILES string of the molecule is CCCNC(=NCc1ccc(NC(=O)c2ccco2)cc1)NCC. The molecule has 0 atom stereocenters. The molecule has 6 nitrogen and oxygen atoms in total. The molecule has 0 saturated carbocycles. The van der Waals surface area contributed by atoms with E-state index >= 15 is 0 Å². The summed E-state index contributed by atoms with van der Waals surface area (Å²) < 4.78 is 5.07. The largest absolute Gasteiger partial charge is 0.459 e. The van der Waals surface area contributed by atoms with Crippen molar-refractivity contribution in [2.45, 2.75) is 26.8 Å². The van der Waals surface area contributed by atoms with Gasteiger partial charge in [0.25, 0.3) is 5.91 Å². The minimum absolute atomic E-state index is 0.260. The standard InChI is InChI=1S/C18H24N4O2/c1-3-11-20-18(19-4-2)21-13-14-7-9-15(10-8-14)22-17(23)16-6-5-12-24-16/h5-10,12H,3-4,11,13H2,1-2H3,(H,22,23)(H2,19,20,21). The van der Waals surface area contributed by atoms with Crippen LogP contribution in [0.1, 0.15) is 36.4 Å². The van der Waals surface area contributed by atoms with E-state index in [4.69, 9.17) is 4.42 Å². The number of nitrogens with zero attached hydrogens (tertiary/aromatic N) is 1. The summed E-state index contributed by atoms with van der Waals surface area (Å²) in [4.78, 5) is 16.4. The minimum Gasteiger partial charge on any atom is -0.459 e. The summed E-state index contributed by atoms with van der Waals surface area (Å²) >= 11 is 0. The Morgan fingerprint density at radius 1 is 1.12 bits per heavy atom. The van der Waals surface area contributed by atoms with E-state index in [1.54, 1.807) is 12.1 Å². The zero-order valence-corrected chi connectivity index (χ0v) is 14.1. The molecule has 1 aromatic carbocycles. The number of hydrogen-bond acceptors (Lipinski definition) is 3. The van der Waals surface area contributed by atoms with Gasteiger partial charge in [-0.1, -0.05) is 19.1 Å². The van der Waals surface area contributed by atoms with Crippen LogP contribution >= 0.6 is 0 Å². The van der Waals surface area contributed by atoms with Gasteiger partial charge in [-0.2, -0.15) is 0 Å². The van der Waals surface area contributed by atoms with Gasteiger partial charge in [-0.3, -0.25) is 4.79 Å². The summed E-state index contributed by atoms with van der Waals surface area (Å²) in [7, 11) is 0. The predicted molar refractivity (Wildman–Crippen MR) is 96.2 cm³/mol. The van der Waals surface area contributed by atoms with Gasteiger partial charge in [0, 0.05) is 18.8 Å². The highest BCUT2D eigenvalue weighted by Crippen LogP contribution is 2.12. The molecule has 0 aliphatic carbocycles. The van der Waals surface area contributed by atoms with Crippen molar-refractivity contribution in [2.24, 2.45) is 4.99 Å². The fourth-order valence-electron chi connectivity index (χ4n) is 2.05. The van der Waals surface area contributed by atoms with Crippen molar-refractivity contribution in [1.82, 2.24) is 10.6 Å². The van der Waals surface area contributed by atoms with Crippen LogP contribution in [0.25, 0.3) is 0 Å². The molecule has 0 aliphatic rings. The Kier molecular flexibility index (Phi) is 6.89. The van der Waals surface area contributed by atoms with Gasteiger partial charge in [0.05, 0.1) is 12.8 Å². The molecule has 1 amide bonds. The van der Waals surface area contributed by atoms with E-state index in [-0.39, 0.29) is 5.91 Å². The Bertz CT molecular complexity index is 648. The van der Waals surface area contributed by atoms with Gasteiger partial charge in [0.2, 0.25) is 0 Å². The summed E-state index contributed by atoms with van der Waals surface area (Å²) in [6.45, 7) is 6.45. The monoisotopic (exact) mass is 328 g/mol. The summed E-state index contributed by atoms with van der Waals surface area (Å²) in [5.41, 5.74) is 1.79. The summed E-state index contributed by atoms with van der Waals surface area (Å²) in [5.74, 6) is 0.847. The number of carbonyl (C=O) groups is 1. The van der Waals surface area contributed by atoms with Crippen molar-refractivity contribution in [3.05, 3.63) is 54.0 Å². The van der Waals surface area contributed by atoms with Crippen LogP contribution in [0.4, 0.5) is 5.69 Å². The van der Waals surface area contributed by atoms with Crippen molar-refractivity contribution < 1.29 is 9.21 Å².